The summed E-state index contributed by atoms with van der Waals surface area (Å²) in [5.41, 5.74) is 1.36. The zero-order chi connectivity index (χ0) is 18.1. The molecule has 0 bridgehead atoms. The van der Waals surface area contributed by atoms with Gasteiger partial charge in [0.15, 0.2) is 0 Å². The summed E-state index contributed by atoms with van der Waals surface area (Å²) in [7, 11) is 0. The maximum Gasteiger partial charge on any atom is 0.308 e. The Bertz CT molecular complexity index is 683. The van der Waals surface area contributed by atoms with Gasteiger partial charge in [-0.1, -0.05) is 30.3 Å². The standard InChI is InChI=1S/C20H23NO4/c1-3-24-17-12-10-15(11-13-17)18(14-19(22)25-4-2)21-20(23)16-8-6-5-7-9-16/h5-13,18H,3-4,14H2,1-2H3,(H,21,23)/t18-/m1/s1. The summed E-state index contributed by atoms with van der Waals surface area (Å²) >= 11 is 0. The Morgan fingerprint density at radius 1 is 0.960 bits per heavy atom. The quantitative estimate of drug-likeness (QED) is 0.746. The van der Waals surface area contributed by atoms with Crippen molar-refractivity contribution in [3.8, 4) is 5.75 Å². The normalized spacial score (nSPS) is 11.4. The lowest BCUT2D eigenvalue weighted by Crippen LogP contribution is -2.30. The van der Waals surface area contributed by atoms with E-state index in [1.807, 2.05) is 37.3 Å². The molecule has 1 N–H and O–H groups in total. The summed E-state index contributed by atoms with van der Waals surface area (Å²) in [5.74, 6) is 0.161. The maximum absolute atomic E-state index is 12.4. The number of benzene rings is 2. The van der Waals surface area contributed by atoms with E-state index in [2.05, 4.69) is 5.32 Å². The van der Waals surface area contributed by atoms with Gasteiger partial charge >= 0.3 is 5.97 Å². The first-order chi connectivity index (χ1) is 12.1. The van der Waals surface area contributed by atoms with Crippen LogP contribution in [0.5, 0.6) is 5.75 Å². The molecule has 0 saturated heterocycles. The molecule has 0 spiro atoms. The van der Waals surface area contributed by atoms with Gasteiger partial charge in [0.1, 0.15) is 5.75 Å². The molecule has 0 unspecified atom stereocenters. The minimum absolute atomic E-state index is 0.0698. The molecule has 0 fully saturated rings. The van der Waals surface area contributed by atoms with Crippen molar-refractivity contribution in [3.05, 3.63) is 65.7 Å². The van der Waals surface area contributed by atoms with E-state index in [1.165, 1.54) is 0 Å². The van der Waals surface area contributed by atoms with Crippen LogP contribution in [0.2, 0.25) is 0 Å². The summed E-state index contributed by atoms with van der Waals surface area (Å²) in [6, 6.07) is 15.8. The topological polar surface area (TPSA) is 64.6 Å². The average Bonchev–Trinajstić information content (AvgIpc) is 2.63. The first-order valence-corrected chi connectivity index (χ1v) is 8.38. The van der Waals surface area contributed by atoms with Gasteiger partial charge in [-0.15, -0.1) is 0 Å². The van der Waals surface area contributed by atoms with Gasteiger partial charge in [0.25, 0.3) is 5.91 Å². The van der Waals surface area contributed by atoms with E-state index in [-0.39, 0.29) is 18.3 Å². The van der Waals surface area contributed by atoms with Gasteiger partial charge in [-0.05, 0) is 43.7 Å². The van der Waals surface area contributed by atoms with Crippen LogP contribution in [0.15, 0.2) is 54.6 Å². The number of nitrogens with one attached hydrogen (secondary N) is 1. The number of esters is 1. The molecule has 0 heterocycles. The monoisotopic (exact) mass is 341 g/mol. The van der Waals surface area contributed by atoms with Crippen molar-refractivity contribution in [3.63, 3.8) is 0 Å². The lowest BCUT2D eigenvalue weighted by atomic mass is 10.0. The Hall–Kier alpha value is -2.82. The van der Waals surface area contributed by atoms with Crippen molar-refractivity contribution < 1.29 is 19.1 Å². The minimum atomic E-state index is -0.470. The van der Waals surface area contributed by atoms with Gasteiger partial charge in [-0.25, -0.2) is 0 Å². The summed E-state index contributed by atoms with van der Waals surface area (Å²) in [6.07, 6.45) is 0.0698. The SMILES string of the molecule is CCOC(=O)C[C@@H](NC(=O)c1ccccc1)c1ccc(OCC)cc1. The Morgan fingerprint density at radius 3 is 2.24 bits per heavy atom. The molecular formula is C20H23NO4. The van der Waals surface area contributed by atoms with Gasteiger partial charge in [0.05, 0.1) is 25.7 Å². The van der Waals surface area contributed by atoms with Gasteiger partial charge in [-0.2, -0.15) is 0 Å². The molecule has 0 aromatic heterocycles. The molecule has 0 aliphatic rings. The Kier molecular flexibility index (Phi) is 7.01. The lowest BCUT2D eigenvalue weighted by Gasteiger charge is -2.19. The molecule has 0 saturated carbocycles. The van der Waals surface area contributed by atoms with Gasteiger partial charge in [0, 0.05) is 5.56 Å². The third kappa shape index (κ3) is 5.64. The van der Waals surface area contributed by atoms with E-state index in [0.29, 0.717) is 18.8 Å². The van der Waals surface area contributed by atoms with Gasteiger partial charge in [0.2, 0.25) is 0 Å². The highest BCUT2D eigenvalue weighted by atomic mass is 16.5. The average molecular weight is 341 g/mol. The fourth-order valence-electron chi connectivity index (χ4n) is 2.43. The van der Waals surface area contributed by atoms with Crippen LogP contribution in [0.4, 0.5) is 0 Å². The third-order valence-corrected chi connectivity index (χ3v) is 3.61. The smallest absolute Gasteiger partial charge is 0.308 e. The summed E-state index contributed by atoms with van der Waals surface area (Å²) in [6.45, 7) is 4.56. The number of hydrogen-bond acceptors (Lipinski definition) is 4. The van der Waals surface area contributed by atoms with E-state index < -0.39 is 6.04 Å². The van der Waals surface area contributed by atoms with Crippen molar-refractivity contribution in [2.75, 3.05) is 13.2 Å². The van der Waals surface area contributed by atoms with Crippen LogP contribution in [0.1, 0.15) is 42.2 Å². The van der Waals surface area contributed by atoms with E-state index in [9.17, 15) is 9.59 Å². The summed E-state index contributed by atoms with van der Waals surface area (Å²) in [5, 5.41) is 2.91. The zero-order valence-electron chi connectivity index (χ0n) is 14.5. The molecule has 2 aromatic carbocycles. The van der Waals surface area contributed by atoms with Crippen molar-refractivity contribution in [1.29, 1.82) is 0 Å². The van der Waals surface area contributed by atoms with Crippen LogP contribution < -0.4 is 10.1 Å². The van der Waals surface area contributed by atoms with Crippen LogP contribution in [-0.2, 0) is 9.53 Å². The third-order valence-electron chi connectivity index (χ3n) is 3.61. The molecule has 1 atom stereocenters. The first-order valence-electron chi connectivity index (χ1n) is 8.38. The second-order valence-corrected chi connectivity index (χ2v) is 5.40. The van der Waals surface area contributed by atoms with E-state index in [4.69, 9.17) is 9.47 Å². The van der Waals surface area contributed by atoms with Crippen molar-refractivity contribution in [2.24, 2.45) is 0 Å². The van der Waals surface area contributed by atoms with Crippen molar-refractivity contribution >= 4 is 11.9 Å². The predicted octanol–water partition coefficient (Wildman–Crippen LogP) is 3.51. The van der Waals surface area contributed by atoms with Crippen molar-refractivity contribution in [2.45, 2.75) is 26.3 Å². The minimum Gasteiger partial charge on any atom is -0.494 e. The predicted molar refractivity (Wildman–Crippen MR) is 95.5 cm³/mol. The Morgan fingerprint density at radius 2 is 1.64 bits per heavy atom. The van der Waals surface area contributed by atoms with E-state index in [0.717, 1.165) is 11.3 Å². The summed E-state index contributed by atoms with van der Waals surface area (Å²) < 4.78 is 10.5. The van der Waals surface area contributed by atoms with Gasteiger partial charge < -0.3 is 14.8 Å². The van der Waals surface area contributed by atoms with Crippen LogP contribution in [0.3, 0.4) is 0 Å². The number of ether oxygens (including phenoxy) is 2. The molecule has 0 aliphatic carbocycles. The second-order valence-electron chi connectivity index (χ2n) is 5.40. The number of carbonyl (C=O) groups excluding carboxylic acids is 2. The molecule has 2 aromatic rings. The van der Waals surface area contributed by atoms with E-state index >= 15 is 0 Å². The molecule has 5 nitrogen and oxygen atoms in total. The first kappa shape index (κ1) is 18.5. The Labute approximate surface area is 148 Å². The van der Waals surface area contributed by atoms with E-state index in [1.54, 1.807) is 31.2 Å². The van der Waals surface area contributed by atoms with Crippen LogP contribution in [0.25, 0.3) is 0 Å². The number of rotatable bonds is 8. The molecule has 1 amide bonds. The highest BCUT2D eigenvalue weighted by molar-refractivity contribution is 5.94. The van der Waals surface area contributed by atoms with Crippen molar-refractivity contribution in [1.82, 2.24) is 5.32 Å². The second kappa shape index (κ2) is 9.47. The largest absolute Gasteiger partial charge is 0.494 e. The molecule has 5 heteroatoms. The Balaban J connectivity index is 2.17. The number of hydrogen-bond donors (Lipinski definition) is 1. The van der Waals surface area contributed by atoms with Crippen LogP contribution in [0, 0.1) is 0 Å². The highest BCUT2D eigenvalue weighted by Crippen LogP contribution is 2.21. The molecule has 0 aliphatic heterocycles. The maximum atomic E-state index is 12.4. The number of amides is 1. The highest BCUT2D eigenvalue weighted by Gasteiger charge is 2.20. The molecule has 132 valence electrons. The summed E-state index contributed by atoms with van der Waals surface area (Å²) in [4.78, 5) is 24.4. The lowest BCUT2D eigenvalue weighted by molar-refractivity contribution is -0.143. The van der Waals surface area contributed by atoms with Gasteiger partial charge in [-0.3, -0.25) is 9.59 Å². The zero-order valence-corrected chi connectivity index (χ0v) is 14.5. The fraction of sp³-hybridized carbons (Fsp3) is 0.300. The number of carbonyl (C=O) groups is 2. The molecular weight excluding hydrogens is 318 g/mol. The molecule has 25 heavy (non-hydrogen) atoms. The molecule has 0 radical (unpaired) electrons. The molecule has 2 rings (SSSR count). The van der Waals surface area contributed by atoms with Crippen LogP contribution in [-0.4, -0.2) is 25.1 Å². The van der Waals surface area contributed by atoms with Crippen LogP contribution >= 0.6 is 0 Å². The fourth-order valence-corrected chi connectivity index (χ4v) is 2.43.